The Kier molecular flexibility index (Phi) is 6.69. The summed E-state index contributed by atoms with van der Waals surface area (Å²) in [5.74, 6) is 2.16. The van der Waals surface area contributed by atoms with E-state index in [0.717, 1.165) is 11.8 Å². The van der Waals surface area contributed by atoms with Crippen molar-refractivity contribution in [1.82, 2.24) is 0 Å². The van der Waals surface area contributed by atoms with E-state index in [2.05, 4.69) is 0 Å². The first-order valence-corrected chi connectivity index (χ1v) is 13.9. The molecule has 0 aliphatic rings. The SMILES string of the molecule is COc1cccc(OC)c1-c1c2c(OC)cccc2[n+](-c2cc(S(C)(=O)=O)ccc2O)c2cccc(OC)c12. The van der Waals surface area contributed by atoms with Crippen LogP contribution in [0.3, 0.4) is 0 Å². The Balaban J connectivity index is 2.13. The first-order chi connectivity index (χ1) is 18.7. The van der Waals surface area contributed by atoms with E-state index in [1.54, 1.807) is 28.4 Å². The largest absolute Gasteiger partial charge is 0.502 e. The summed E-state index contributed by atoms with van der Waals surface area (Å²) >= 11 is 0. The fourth-order valence-electron chi connectivity index (χ4n) is 5.03. The maximum atomic E-state index is 12.5. The van der Waals surface area contributed by atoms with Gasteiger partial charge in [0.25, 0.3) is 5.69 Å². The molecule has 0 unspecified atom stereocenters. The Morgan fingerprint density at radius 3 is 1.56 bits per heavy atom. The van der Waals surface area contributed by atoms with E-state index in [0.29, 0.717) is 50.4 Å². The lowest BCUT2D eigenvalue weighted by Crippen LogP contribution is -2.33. The molecule has 5 rings (SSSR count). The predicted octanol–water partition coefficient (Wildman–Crippen LogP) is 5.08. The molecule has 0 saturated heterocycles. The van der Waals surface area contributed by atoms with E-state index in [4.69, 9.17) is 18.9 Å². The lowest BCUT2D eigenvalue weighted by atomic mass is 9.92. The van der Waals surface area contributed by atoms with Gasteiger partial charge in [0.2, 0.25) is 11.0 Å². The number of sulfone groups is 1. The third-order valence-electron chi connectivity index (χ3n) is 6.72. The van der Waals surface area contributed by atoms with Crippen molar-refractivity contribution in [3.8, 4) is 45.6 Å². The number of phenolic OH excluding ortho intramolecular Hbond substituents is 1. The van der Waals surface area contributed by atoms with Gasteiger partial charge < -0.3 is 24.1 Å². The number of hydrogen-bond acceptors (Lipinski definition) is 7. The van der Waals surface area contributed by atoms with Crippen LogP contribution in [0, 0.1) is 0 Å². The van der Waals surface area contributed by atoms with Gasteiger partial charge in [-0.15, -0.1) is 4.57 Å². The highest BCUT2D eigenvalue weighted by Crippen LogP contribution is 2.49. The number of pyridine rings is 1. The molecule has 5 aromatic rings. The lowest BCUT2D eigenvalue weighted by Gasteiger charge is -2.19. The van der Waals surface area contributed by atoms with Crippen molar-refractivity contribution in [2.45, 2.75) is 4.90 Å². The van der Waals surface area contributed by atoms with E-state index in [1.165, 1.54) is 18.2 Å². The Labute approximate surface area is 226 Å². The molecule has 1 aromatic heterocycles. The molecule has 0 aliphatic carbocycles. The van der Waals surface area contributed by atoms with Gasteiger partial charge >= 0.3 is 0 Å². The van der Waals surface area contributed by atoms with E-state index in [9.17, 15) is 13.5 Å². The molecule has 0 radical (unpaired) electrons. The molecule has 1 N–H and O–H groups in total. The number of fused-ring (bicyclic) bond motifs is 2. The number of phenols is 1. The molecule has 0 aliphatic heterocycles. The van der Waals surface area contributed by atoms with Gasteiger partial charge in [0.15, 0.2) is 15.6 Å². The molecule has 0 amide bonds. The molecule has 200 valence electrons. The average Bonchev–Trinajstić information content (AvgIpc) is 2.94. The fraction of sp³-hybridized carbons (Fsp3) is 0.167. The molecule has 8 nitrogen and oxygen atoms in total. The molecular formula is C30H28NO7S+. The standard InChI is InChI=1S/C30H27NO7S/c1-35-23-11-6-9-19-27(23)30(29-25(37-3)13-8-14-26(29)38-4)28-20(10-7-12-24(28)36-2)31(19)21-17-18(39(5,33)34)15-16-22(21)32/h6-17H,1-5H3/p+1. The summed E-state index contributed by atoms with van der Waals surface area (Å²) in [5.41, 5.74) is 3.01. The van der Waals surface area contributed by atoms with Crippen LogP contribution < -0.4 is 23.5 Å². The summed E-state index contributed by atoms with van der Waals surface area (Å²) in [4.78, 5) is 0.0744. The number of hydrogen-bond donors (Lipinski definition) is 1. The van der Waals surface area contributed by atoms with Crippen molar-refractivity contribution in [3.63, 3.8) is 0 Å². The highest BCUT2D eigenvalue weighted by atomic mass is 32.2. The summed E-state index contributed by atoms with van der Waals surface area (Å²) in [6.45, 7) is 0. The van der Waals surface area contributed by atoms with Crippen molar-refractivity contribution in [2.75, 3.05) is 34.7 Å². The van der Waals surface area contributed by atoms with E-state index >= 15 is 0 Å². The average molecular weight is 547 g/mol. The van der Waals surface area contributed by atoms with Crippen molar-refractivity contribution in [3.05, 3.63) is 72.8 Å². The topological polar surface area (TPSA) is 95.2 Å². The molecule has 9 heteroatoms. The minimum absolute atomic E-state index is 0.0744. The van der Waals surface area contributed by atoms with Gasteiger partial charge in [0, 0.05) is 30.0 Å². The zero-order valence-corrected chi connectivity index (χ0v) is 23.0. The van der Waals surface area contributed by atoms with Gasteiger partial charge in [-0.3, -0.25) is 0 Å². The van der Waals surface area contributed by atoms with Crippen LogP contribution in [-0.4, -0.2) is 48.2 Å². The molecular weight excluding hydrogens is 518 g/mol. The van der Waals surface area contributed by atoms with Crippen LogP contribution in [0.2, 0.25) is 0 Å². The first kappa shape index (κ1) is 26.1. The van der Waals surface area contributed by atoms with Crippen molar-refractivity contribution in [2.24, 2.45) is 0 Å². The molecule has 39 heavy (non-hydrogen) atoms. The van der Waals surface area contributed by atoms with E-state index in [1.807, 2.05) is 59.2 Å². The minimum atomic E-state index is -3.56. The van der Waals surface area contributed by atoms with Gasteiger partial charge in [0.05, 0.1) is 49.7 Å². The summed E-state index contributed by atoms with van der Waals surface area (Å²) < 4.78 is 50.1. The molecule has 0 fully saturated rings. The van der Waals surface area contributed by atoms with Crippen LogP contribution in [-0.2, 0) is 9.84 Å². The summed E-state index contributed by atoms with van der Waals surface area (Å²) in [5, 5.41) is 12.4. The normalized spacial score (nSPS) is 11.5. The Morgan fingerprint density at radius 2 is 1.10 bits per heavy atom. The van der Waals surface area contributed by atoms with Gasteiger partial charge in [-0.25, -0.2) is 8.42 Å². The molecule has 4 aromatic carbocycles. The maximum Gasteiger partial charge on any atom is 0.255 e. The lowest BCUT2D eigenvalue weighted by molar-refractivity contribution is -0.538. The summed E-state index contributed by atoms with van der Waals surface area (Å²) in [6, 6.07) is 20.9. The highest BCUT2D eigenvalue weighted by molar-refractivity contribution is 7.90. The number of aromatic hydroxyl groups is 1. The number of aromatic nitrogens is 1. The molecule has 0 atom stereocenters. The second kappa shape index (κ2) is 9.99. The predicted molar refractivity (Wildman–Crippen MR) is 149 cm³/mol. The van der Waals surface area contributed by atoms with E-state index < -0.39 is 9.84 Å². The van der Waals surface area contributed by atoms with Gasteiger partial charge in [-0.2, -0.15) is 0 Å². The number of nitrogens with zero attached hydrogens (tertiary/aromatic N) is 1. The van der Waals surface area contributed by atoms with Crippen LogP contribution in [0.15, 0.2) is 77.7 Å². The molecule has 0 bridgehead atoms. The Morgan fingerprint density at radius 1 is 0.641 bits per heavy atom. The third kappa shape index (κ3) is 4.24. The summed E-state index contributed by atoms with van der Waals surface area (Å²) in [6.07, 6.45) is 1.13. The number of benzene rings is 4. The first-order valence-electron chi connectivity index (χ1n) is 12.0. The van der Waals surface area contributed by atoms with Crippen LogP contribution >= 0.6 is 0 Å². The zero-order chi connectivity index (χ0) is 27.9. The van der Waals surface area contributed by atoms with Gasteiger partial charge in [-0.05, 0) is 36.4 Å². The van der Waals surface area contributed by atoms with Crippen LogP contribution in [0.4, 0.5) is 0 Å². The third-order valence-corrected chi connectivity index (χ3v) is 7.83. The van der Waals surface area contributed by atoms with Crippen LogP contribution in [0.25, 0.3) is 38.6 Å². The smallest absolute Gasteiger partial charge is 0.255 e. The maximum absolute atomic E-state index is 12.5. The van der Waals surface area contributed by atoms with E-state index in [-0.39, 0.29) is 16.3 Å². The Bertz CT molecular complexity index is 1760. The van der Waals surface area contributed by atoms with Crippen molar-refractivity contribution >= 4 is 31.6 Å². The Hall–Kier alpha value is -4.50. The fourth-order valence-corrected chi connectivity index (χ4v) is 5.67. The van der Waals surface area contributed by atoms with Crippen LogP contribution in [0.1, 0.15) is 0 Å². The van der Waals surface area contributed by atoms with Crippen LogP contribution in [0.5, 0.6) is 28.7 Å². The highest BCUT2D eigenvalue weighted by Gasteiger charge is 2.32. The minimum Gasteiger partial charge on any atom is -0.502 e. The number of methoxy groups -OCH3 is 4. The monoisotopic (exact) mass is 546 g/mol. The molecule has 0 saturated carbocycles. The van der Waals surface area contributed by atoms with Gasteiger partial charge in [-0.1, -0.05) is 18.2 Å². The number of rotatable bonds is 7. The van der Waals surface area contributed by atoms with Crippen molar-refractivity contribution < 1.29 is 37.0 Å². The van der Waals surface area contributed by atoms with Crippen molar-refractivity contribution in [1.29, 1.82) is 0 Å². The quantitative estimate of drug-likeness (QED) is 0.225. The second-order valence-electron chi connectivity index (χ2n) is 8.88. The molecule has 0 spiro atoms. The molecule has 1 heterocycles. The van der Waals surface area contributed by atoms with Gasteiger partial charge in [0.1, 0.15) is 23.0 Å². The number of ether oxygens (including phenoxy) is 4. The second-order valence-corrected chi connectivity index (χ2v) is 10.9. The summed E-state index contributed by atoms with van der Waals surface area (Å²) in [7, 11) is 2.79. The zero-order valence-electron chi connectivity index (χ0n) is 22.2.